The van der Waals surface area contributed by atoms with Crippen LogP contribution in [-0.2, 0) is 9.53 Å². The first-order valence-electron chi connectivity index (χ1n) is 7.98. The molecule has 2 heterocycles. The van der Waals surface area contributed by atoms with Gasteiger partial charge in [-0.2, -0.15) is 0 Å². The summed E-state index contributed by atoms with van der Waals surface area (Å²) in [4.78, 5) is 27.6. The Morgan fingerprint density at radius 2 is 1.95 bits per heavy atom. The smallest absolute Gasteiger partial charge is 0.320 e. The molecule has 118 valence electrons. The van der Waals surface area contributed by atoms with E-state index >= 15 is 0 Å². The minimum Gasteiger partial charge on any atom is -0.481 e. The van der Waals surface area contributed by atoms with Crippen molar-refractivity contribution in [2.75, 3.05) is 26.2 Å². The van der Waals surface area contributed by atoms with Crippen molar-refractivity contribution in [2.24, 2.45) is 11.8 Å². The number of carbonyl (C=O) groups excluding carboxylic acids is 1. The average Bonchev–Trinajstić information content (AvgIpc) is 2.88. The number of urea groups is 1. The zero-order chi connectivity index (χ0) is 15.0. The van der Waals surface area contributed by atoms with E-state index in [1.807, 2.05) is 11.8 Å². The fraction of sp³-hybridized carbons (Fsp3) is 0.867. The summed E-state index contributed by atoms with van der Waals surface area (Å²) in [6, 6.07) is 0.185. The minimum atomic E-state index is -0.796. The van der Waals surface area contributed by atoms with Crippen LogP contribution in [0.3, 0.4) is 0 Å². The molecule has 3 rings (SSSR count). The Kier molecular flexibility index (Phi) is 4.06. The molecule has 0 spiro atoms. The van der Waals surface area contributed by atoms with E-state index in [4.69, 9.17) is 4.74 Å². The highest BCUT2D eigenvalue weighted by molar-refractivity contribution is 5.78. The molecule has 2 amide bonds. The van der Waals surface area contributed by atoms with E-state index in [1.165, 1.54) is 6.42 Å². The lowest BCUT2D eigenvalue weighted by Crippen LogP contribution is -2.57. The number of ether oxygens (including phenoxy) is 1. The molecule has 0 aromatic carbocycles. The Balaban J connectivity index is 1.68. The summed E-state index contributed by atoms with van der Waals surface area (Å²) in [6.45, 7) is 4.02. The first kappa shape index (κ1) is 14.6. The van der Waals surface area contributed by atoms with Crippen molar-refractivity contribution in [3.63, 3.8) is 0 Å². The summed E-state index contributed by atoms with van der Waals surface area (Å²) in [6.07, 6.45) is 4.52. The van der Waals surface area contributed by atoms with Crippen LogP contribution in [0.25, 0.3) is 0 Å². The second-order valence-corrected chi connectivity index (χ2v) is 6.56. The number of carbonyl (C=O) groups is 2. The summed E-state index contributed by atoms with van der Waals surface area (Å²) >= 11 is 0. The lowest BCUT2D eigenvalue weighted by molar-refractivity contribution is -0.142. The van der Waals surface area contributed by atoms with Gasteiger partial charge in [0.1, 0.15) is 0 Å². The Bertz CT molecular complexity index is 426. The van der Waals surface area contributed by atoms with E-state index in [-0.39, 0.29) is 24.1 Å². The van der Waals surface area contributed by atoms with Crippen molar-refractivity contribution in [3.8, 4) is 0 Å². The van der Waals surface area contributed by atoms with E-state index in [1.54, 1.807) is 4.90 Å². The maximum atomic E-state index is 12.8. The number of nitrogens with zero attached hydrogens (tertiary/aromatic N) is 2. The lowest BCUT2D eigenvalue weighted by Gasteiger charge is -2.44. The van der Waals surface area contributed by atoms with E-state index in [9.17, 15) is 14.7 Å². The van der Waals surface area contributed by atoms with Crippen LogP contribution in [0.4, 0.5) is 4.79 Å². The number of likely N-dealkylation sites (tertiary alicyclic amines) is 1. The van der Waals surface area contributed by atoms with Crippen LogP contribution in [0.5, 0.6) is 0 Å². The molecule has 3 aliphatic rings. The summed E-state index contributed by atoms with van der Waals surface area (Å²) in [5, 5.41) is 9.21. The molecule has 1 N–H and O–H groups in total. The Morgan fingerprint density at radius 3 is 2.67 bits per heavy atom. The van der Waals surface area contributed by atoms with Gasteiger partial charge < -0.3 is 19.6 Å². The van der Waals surface area contributed by atoms with Crippen LogP contribution in [0.1, 0.15) is 32.6 Å². The summed E-state index contributed by atoms with van der Waals surface area (Å²) < 4.78 is 5.80. The van der Waals surface area contributed by atoms with Crippen molar-refractivity contribution >= 4 is 12.0 Å². The lowest BCUT2D eigenvalue weighted by atomic mass is 9.90. The highest BCUT2D eigenvalue weighted by atomic mass is 16.5. The molecule has 1 saturated carbocycles. The first-order valence-corrected chi connectivity index (χ1v) is 7.98. The van der Waals surface area contributed by atoms with Crippen LogP contribution in [0, 0.1) is 11.8 Å². The van der Waals surface area contributed by atoms with Gasteiger partial charge in [0.15, 0.2) is 0 Å². The molecule has 1 aliphatic carbocycles. The van der Waals surface area contributed by atoms with Crippen molar-refractivity contribution in [1.29, 1.82) is 0 Å². The number of carboxylic acid groups (broad SMARTS) is 1. The molecular formula is C15H24N2O4. The third kappa shape index (κ3) is 2.73. The van der Waals surface area contributed by atoms with Crippen LogP contribution in [0.2, 0.25) is 0 Å². The highest BCUT2D eigenvalue weighted by Crippen LogP contribution is 2.31. The predicted octanol–water partition coefficient (Wildman–Crippen LogP) is 1.40. The average molecular weight is 296 g/mol. The third-order valence-corrected chi connectivity index (χ3v) is 5.18. The number of hydrogen-bond donors (Lipinski definition) is 1. The monoisotopic (exact) mass is 296 g/mol. The van der Waals surface area contributed by atoms with Gasteiger partial charge in [-0.1, -0.05) is 19.8 Å². The van der Waals surface area contributed by atoms with Gasteiger partial charge in [0.2, 0.25) is 0 Å². The summed E-state index contributed by atoms with van der Waals surface area (Å²) in [5.74, 6) is -1.21. The van der Waals surface area contributed by atoms with E-state index in [2.05, 4.69) is 0 Å². The summed E-state index contributed by atoms with van der Waals surface area (Å²) in [7, 11) is 0. The van der Waals surface area contributed by atoms with Crippen molar-refractivity contribution in [1.82, 2.24) is 9.80 Å². The third-order valence-electron chi connectivity index (χ3n) is 5.18. The Morgan fingerprint density at radius 1 is 1.19 bits per heavy atom. The van der Waals surface area contributed by atoms with Crippen LogP contribution in [-0.4, -0.2) is 65.3 Å². The molecule has 2 aliphatic heterocycles. The van der Waals surface area contributed by atoms with E-state index in [0.717, 1.165) is 19.3 Å². The Hall–Kier alpha value is -1.30. The molecule has 6 nitrogen and oxygen atoms in total. The van der Waals surface area contributed by atoms with E-state index in [0.29, 0.717) is 26.2 Å². The zero-order valence-corrected chi connectivity index (χ0v) is 12.5. The quantitative estimate of drug-likeness (QED) is 0.794. The predicted molar refractivity (Wildman–Crippen MR) is 76.0 cm³/mol. The van der Waals surface area contributed by atoms with Gasteiger partial charge in [0.05, 0.1) is 24.7 Å². The second kappa shape index (κ2) is 5.83. The molecule has 6 heteroatoms. The van der Waals surface area contributed by atoms with Crippen molar-refractivity contribution < 1.29 is 19.4 Å². The number of amides is 2. The number of hydrogen-bond acceptors (Lipinski definition) is 3. The normalized spacial score (nSPS) is 36.4. The van der Waals surface area contributed by atoms with Gasteiger partial charge in [-0.15, -0.1) is 0 Å². The molecule has 21 heavy (non-hydrogen) atoms. The fourth-order valence-corrected chi connectivity index (χ4v) is 3.96. The van der Waals surface area contributed by atoms with Gasteiger partial charge in [-0.25, -0.2) is 4.79 Å². The largest absolute Gasteiger partial charge is 0.481 e. The van der Waals surface area contributed by atoms with Gasteiger partial charge in [-0.3, -0.25) is 4.79 Å². The summed E-state index contributed by atoms with van der Waals surface area (Å²) in [5.41, 5.74) is 0. The molecule has 3 fully saturated rings. The number of carboxylic acids is 1. The molecule has 2 saturated heterocycles. The van der Waals surface area contributed by atoms with Crippen LogP contribution in [0.15, 0.2) is 0 Å². The zero-order valence-electron chi connectivity index (χ0n) is 12.5. The van der Waals surface area contributed by atoms with Gasteiger partial charge in [0.25, 0.3) is 0 Å². The second-order valence-electron chi connectivity index (χ2n) is 6.56. The number of rotatable bonds is 1. The molecular weight excluding hydrogens is 272 g/mol. The maximum absolute atomic E-state index is 12.8. The van der Waals surface area contributed by atoms with Gasteiger partial charge in [-0.05, 0) is 18.8 Å². The Labute approximate surface area is 125 Å². The topological polar surface area (TPSA) is 70.1 Å². The number of fused-ring (bicyclic) bond motifs is 1. The van der Waals surface area contributed by atoms with Crippen LogP contribution < -0.4 is 0 Å². The van der Waals surface area contributed by atoms with Gasteiger partial charge in [0, 0.05) is 19.6 Å². The van der Waals surface area contributed by atoms with Crippen LogP contribution >= 0.6 is 0 Å². The standard InChI is InChI=1S/C15H24N2O4/c1-10-8-16(9-11(10)14(18)19)15(20)17-6-7-21-13-5-3-2-4-12(13)17/h10-13H,2-9H2,1H3,(H,18,19)/t10-,11-,12?,13?/m1/s1. The molecule has 4 atom stereocenters. The van der Waals surface area contributed by atoms with E-state index < -0.39 is 11.9 Å². The molecule has 0 aromatic rings. The minimum absolute atomic E-state index is 0.00537. The molecule has 0 radical (unpaired) electrons. The number of morpholine rings is 1. The van der Waals surface area contributed by atoms with Gasteiger partial charge >= 0.3 is 12.0 Å². The van der Waals surface area contributed by atoms with Crippen molar-refractivity contribution in [2.45, 2.75) is 44.8 Å². The number of aliphatic carboxylic acids is 1. The molecule has 0 aromatic heterocycles. The van der Waals surface area contributed by atoms with Crippen molar-refractivity contribution in [3.05, 3.63) is 0 Å². The molecule has 0 bridgehead atoms. The fourth-order valence-electron chi connectivity index (χ4n) is 3.96. The maximum Gasteiger partial charge on any atom is 0.320 e. The first-order chi connectivity index (χ1) is 10.1. The highest BCUT2D eigenvalue weighted by Gasteiger charge is 2.42. The molecule has 2 unspecified atom stereocenters. The SMILES string of the molecule is C[C@@H]1CN(C(=O)N2CCOC3CCCCC32)C[C@H]1C(=O)O.